The summed E-state index contributed by atoms with van der Waals surface area (Å²) in [6.45, 7) is 5.11. The van der Waals surface area contributed by atoms with E-state index in [1.807, 2.05) is 0 Å². The van der Waals surface area contributed by atoms with Crippen molar-refractivity contribution in [3.05, 3.63) is 34.4 Å². The van der Waals surface area contributed by atoms with E-state index in [0.717, 1.165) is 10.1 Å². The Morgan fingerprint density at radius 2 is 1.92 bits per heavy atom. The molecule has 0 fully saturated rings. The van der Waals surface area contributed by atoms with E-state index in [9.17, 15) is 14.5 Å². The van der Waals surface area contributed by atoms with Crippen molar-refractivity contribution in [1.82, 2.24) is 4.57 Å². The van der Waals surface area contributed by atoms with Crippen molar-refractivity contribution in [3.63, 3.8) is 0 Å². The number of fused-ring (bicyclic) bond motifs is 1. The Hall–Kier alpha value is -2.22. The van der Waals surface area contributed by atoms with Gasteiger partial charge in [0, 0.05) is 10.7 Å². The lowest BCUT2D eigenvalue weighted by atomic mass is 10.1. The highest BCUT2D eigenvalue weighted by molar-refractivity contribution is 9.08. The molecule has 0 radical (unpaired) electrons. The molecular formula is C16H17BrN2O5. The second-order valence-electron chi connectivity index (χ2n) is 6.11. The summed E-state index contributed by atoms with van der Waals surface area (Å²) in [5.41, 5.74) is 0.242. The van der Waals surface area contributed by atoms with E-state index in [1.165, 1.54) is 13.2 Å². The predicted octanol–water partition coefficient (Wildman–Crippen LogP) is 4.50. The normalized spacial score (nSPS) is 11.4. The summed E-state index contributed by atoms with van der Waals surface area (Å²) in [5.74, 6) is -0.714. The minimum atomic E-state index is -0.783. The molecule has 128 valence electrons. The van der Waals surface area contributed by atoms with Crippen molar-refractivity contribution in [1.29, 1.82) is 0 Å². The maximum absolute atomic E-state index is 12.6. The van der Waals surface area contributed by atoms with E-state index >= 15 is 0 Å². The van der Waals surface area contributed by atoms with Crippen LogP contribution >= 0.6 is 15.9 Å². The van der Waals surface area contributed by atoms with Gasteiger partial charge < -0.3 is 9.47 Å². The second-order valence-corrected chi connectivity index (χ2v) is 6.68. The first-order valence-electron chi connectivity index (χ1n) is 7.11. The van der Waals surface area contributed by atoms with Gasteiger partial charge in [0.05, 0.1) is 12.6 Å². The zero-order valence-electron chi connectivity index (χ0n) is 13.8. The van der Waals surface area contributed by atoms with Crippen molar-refractivity contribution < 1.29 is 19.1 Å². The first kappa shape index (κ1) is 18.1. The summed E-state index contributed by atoms with van der Waals surface area (Å²) in [6, 6.07) is 4.78. The maximum atomic E-state index is 12.6. The minimum absolute atomic E-state index is 0.0293. The summed E-state index contributed by atoms with van der Waals surface area (Å²) >= 11 is 3.31. The number of methoxy groups -OCH3 is 1. The van der Waals surface area contributed by atoms with Gasteiger partial charge in [-0.15, -0.1) is 4.91 Å². The number of carbonyl (C=O) groups is 2. The van der Waals surface area contributed by atoms with Crippen LogP contribution in [0, 0.1) is 4.91 Å². The van der Waals surface area contributed by atoms with Crippen LogP contribution in [0.15, 0.2) is 23.4 Å². The largest absolute Gasteiger partial charge is 0.464 e. The van der Waals surface area contributed by atoms with E-state index < -0.39 is 17.7 Å². The molecule has 2 rings (SSSR count). The summed E-state index contributed by atoms with van der Waals surface area (Å²) in [6.07, 6.45) is -0.783. The molecule has 0 saturated heterocycles. The third-order valence-electron chi connectivity index (χ3n) is 3.16. The number of alkyl halides is 1. The zero-order valence-corrected chi connectivity index (χ0v) is 15.3. The lowest BCUT2D eigenvalue weighted by Crippen LogP contribution is -2.29. The number of carbonyl (C=O) groups excluding carboxylic acids is 2. The van der Waals surface area contributed by atoms with Crippen molar-refractivity contribution >= 4 is 44.6 Å². The van der Waals surface area contributed by atoms with Crippen molar-refractivity contribution in [2.75, 3.05) is 7.11 Å². The van der Waals surface area contributed by atoms with Gasteiger partial charge >= 0.3 is 12.1 Å². The van der Waals surface area contributed by atoms with Gasteiger partial charge in [0.1, 0.15) is 17.0 Å². The molecule has 8 heteroatoms. The summed E-state index contributed by atoms with van der Waals surface area (Å²) < 4.78 is 11.1. The smallest absolute Gasteiger partial charge is 0.419 e. The maximum Gasteiger partial charge on any atom is 0.419 e. The van der Waals surface area contributed by atoms with Gasteiger partial charge in [-0.1, -0.05) is 15.9 Å². The molecule has 0 N–H and O–H groups in total. The highest BCUT2D eigenvalue weighted by Crippen LogP contribution is 2.32. The Balaban J connectivity index is 2.80. The van der Waals surface area contributed by atoms with Crippen LogP contribution in [0.5, 0.6) is 0 Å². The van der Waals surface area contributed by atoms with E-state index in [2.05, 4.69) is 21.1 Å². The van der Waals surface area contributed by atoms with Crippen LogP contribution < -0.4 is 0 Å². The van der Waals surface area contributed by atoms with Crippen LogP contribution in [0.2, 0.25) is 0 Å². The number of ether oxygens (including phenoxy) is 2. The van der Waals surface area contributed by atoms with Gasteiger partial charge in [-0.2, -0.15) is 0 Å². The number of hydrogen-bond donors (Lipinski definition) is 0. The number of nitroso groups, excluding NO2 is 1. The van der Waals surface area contributed by atoms with Crippen molar-refractivity contribution in [2.45, 2.75) is 31.7 Å². The van der Waals surface area contributed by atoms with E-state index in [-0.39, 0.29) is 16.9 Å². The van der Waals surface area contributed by atoms with Crippen molar-refractivity contribution in [2.24, 2.45) is 5.18 Å². The van der Waals surface area contributed by atoms with Gasteiger partial charge in [0.25, 0.3) is 0 Å². The average molecular weight is 397 g/mol. The lowest BCUT2D eigenvalue weighted by Gasteiger charge is -2.20. The molecular weight excluding hydrogens is 380 g/mol. The molecule has 0 aliphatic heterocycles. The molecule has 0 amide bonds. The molecule has 7 nitrogen and oxygen atoms in total. The highest BCUT2D eigenvalue weighted by Gasteiger charge is 2.27. The number of benzene rings is 1. The molecule has 24 heavy (non-hydrogen) atoms. The average Bonchev–Trinajstić information content (AvgIpc) is 2.90. The monoisotopic (exact) mass is 396 g/mol. The van der Waals surface area contributed by atoms with Crippen LogP contribution in [-0.4, -0.2) is 29.3 Å². The number of halogens is 1. The Labute approximate surface area is 147 Å². The first-order chi connectivity index (χ1) is 11.2. The fraction of sp³-hybridized carbons (Fsp3) is 0.375. The number of nitrogens with zero attached hydrogens (tertiary/aromatic N) is 2. The Morgan fingerprint density at radius 1 is 1.25 bits per heavy atom. The molecule has 0 atom stereocenters. The zero-order chi connectivity index (χ0) is 18.1. The van der Waals surface area contributed by atoms with Gasteiger partial charge in [-0.25, -0.2) is 14.2 Å². The molecule has 1 aromatic heterocycles. The molecule has 2 aromatic rings. The minimum Gasteiger partial charge on any atom is -0.464 e. The number of esters is 1. The van der Waals surface area contributed by atoms with Crippen LogP contribution in [0.25, 0.3) is 10.9 Å². The number of hydrogen-bond acceptors (Lipinski definition) is 6. The van der Waals surface area contributed by atoms with Crippen LogP contribution in [0.1, 0.15) is 36.8 Å². The molecule has 0 spiro atoms. The molecule has 0 aliphatic carbocycles. The fourth-order valence-electron chi connectivity index (χ4n) is 2.29. The van der Waals surface area contributed by atoms with Crippen molar-refractivity contribution in [3.8, 4) is 0 Å². The SMILES string of the molecule is COC(=O)c1cc2cc(CBr)cc(N=O)c2n1C(=O)OC(C)(C)C. The predicted molar refractivity (Wildman–Crippen MR) is 93.0 cm³/mol. The molecule has 0 unspecified atom stereocenters. The topological polar surface area (TPSA) is 87.0 Å². The van der Waals surface area contributed by atoms with Gasteiger partial charge in [0.15, 0.2) is 0 Å². The Morgan fingerprint density at radius 3 is 2.42 bits per heavy atom. The number of rotatable bonds is 3. The Bertz CT molecular complexity index is 820. The Kier molecular flexibility index (Phi) is 5.08. The quantitative estimate of drug-likeness (QED) is 0.432. The standard InChI is InChI=1S/C16H17BrN2O5/c1-16(2,3)24-15(21)19-12(14(20)23-4)7-10-5-9(8-17)6-11(18-22)13(10)19/h5-7H,8H2,1-4H3. The molecule has 0 aliphatic rings. The molecule has 0 saturated carbocycles. The van der Waals surface area contributed by atoms with Gasteiger partial charge in [0.2, 0.25) is 0 Å². The molecule has 1 aromatic carbocycles. The number of aromatic nitrogens is 1. The molecule has 0 bridgehead atoms. The summed E-state index contributed by atoms with van der Waals surface area (Å²) in [5, 5.41) is 4.01. The third kappa shape index (κ3) is 3.48. The fourth-order valence-corrected chi connectivity index (χ4v) is 2.61. The van der Waals surface area contributed by atoms with E-state index in [1.54, 1.807) is 32.9 Å². The van der Waals surface area contributed by atoms with Crippen LogP contribution in [0.3, 0.4) is 0 Å². The van der Waals surface area contributed by atoms with E-state index in [0.29, 0.717) is 10.7 Å². The lowest BCUT2D eigenvalue weighted by molar-refractivity contribution is 0.0490. The van der Waals surface area contributed by atoms with Crippen LogP contribution in [0.4, 0.5) is 10.5 Å². The van der Waals surface area contributed by atoms with Crippen LogP contribution in [-0.2, 0) is 14.8 Å². The van der Waals surface area contributed by atoms with Gasteiger partial charge in [-0.3, -0.25) is 0 Å². The van der Waals surface area contributed by atoms with E-state index in [4.69, 9.17) is 9.47 Å². The molecule has 1 heterocycles. The second kappa shape index (κ2) is 6.72. The third-order valence-corrected chi connectivity index (χ3v) is 3.81. The summed E-state index contributed by atoms with van der Waals surface area (Å²) in [4.78, 5) is 35.9. The highest BCUT2D eigenvalue weighted by atomic mass is 79.9. The van der Waals surface area contributed by atoms with Gasteiger partial charge in [-0.05, 0) is 49.7 Å². The summed E-state index contributed by atoms with van der Waals surface area (Å²) in [7, 11) is 1.21. The first-order valence-corrected chi connectivity index (χ1v) is 8.23.